The molecule has 1 aliphatic rings. The maximum absolute atomic E-state index is 11.9. The van der Waals surface area contributed by atoms with Gasteiger partial charge in [0.2, 0.25) is 0 Å². The Bertz CT molecular complexity index is 421. The second kappa shape index (κ2) is 6.70. The van der Waals surface area contributed by atoms with Gasteiger partial charge >= 0.3 is 0 Å². The van der Waals surface area contributed by atoms with Crippen molar-refractivity contribution in [3.63, 3.8) is 0 Å². The van der Waals surface area contributed by atoms with Crippen LogP contribution in [0.4, 0.5) is 0 Å². The van der Waals surface area contributed by atoms with E-state index >= 15 is 0 Å². The van der Waals surface area contributed by atoms with Crippen molar-refractivity contribution in [2.24, 2.45) is 7.05 Å². The van der Waals surface area contributed by atoms with E-state index in [1.165, 1.54) is 32.4 Å². The fourth-order valence-corrected chi connectivity index (χ4v) is 2.60. The molecule has 106 valence electrons. The van der Waals surface area contributed by atoms with Gasteiger partial charge in [0.25, 0.3) is 5.91 Å². The summed E-state index contributed by atoms with van der Waals surface area (Å²) in [5, 5.41) is 7.15. The number of carbonyl (C=O) groups is 1. The number of aryl methyl sites for hydroxylation is 2. The zero-order valence-electron chi connectivity index (χ0n) is 12.0. The Morgan fingerprint density at radius 2 is 2.11 bits per heavy atom. The molecule has 19 heavy (non-hydrogen) atoms. The number of nitrogens with one attached hydrogen (secondary N) is 1. The second-order valence-corrected chi connectivity index (χ2v) is 5.31. The Morgan fingerprint density at radius 1 is 1.37 bits per heavy atom. The first kappa shape index (κ1) is 14.1. The summed E-state index contributed by atoms with van der Waals surface area (Å²) in [4.78, 5) is 14.4. The van der Waals surface area contributed by atoms with Crippen LogP contribution in [-0.4, -0.2) is 46.8 Å². The van der Waals surface area contributed by atoms with E-state index in [1.807, 2.05) is 13.0 Å². The highest BCUT2D eigenvalue weighted by molar-refractivity contribution is 5.92. The quantitative estimate of drug-likeness (QED) is 0.816. The van der Waals surface area contributed by atoms with E-state index in [1.54, 1.807) is 11.7 Å². The van der Waals surface area contributed by atoms with Crippen LogP contribution in [0, 0.1) is 6.92 Å². The predicted octanol–water partition coefficient (Wildman–Crippen LogP) is 1.33. The van der Waals surface area contributed by atoms with E-state index in [9.17, 15) is 4.79 Å². The molecule has 5 heteroatoms. The van der Waals surface area contributed by atoms with E-state index in [4.69, 9.17) is 0 Å². The highest BCUT2D eigenvalue weighted by Gasteiger charge is 2.12. The molecular weight excluding hydrogens is 240 g/mol. The summed E-state index contributed by atoms with van der Waals surface area (Å²) < 4.78 is 1.63. The van der Waals surface area contributed by atoms with Gasteiger partial charge in [-0.15, -0.1) is 0 Å². The molecule has 0 unspecified atom stereocenters. The monoisotopic (exact) mass is 264 g/mol. The molecule has 2 rings (SSSR count). The van der Waals surface area contributed by atoms with Crippen LogP contribution in [0.5, 0.6) is 0 Å². The maximum Gasteiger partial charge on any atom is 0.269 e. The van der Waals surface area contributed by atoms with Crippen molar-refractivity contribution in [3.8, 4) is 0 Å². The lowest BCUT2D eigenvalue weighted by molar-refractivity contribution is 0.0941. The van der Waals surface area contributed by atoms with Crippen molar-refractivity contribution < 1.29 is 4.79 Å². The number of carbonyl (C=O) groups excluding carboxylic acids is 1. The molecule has 5 nitrogen and oxygen atoms in total. The van der Waals surface area contributed by atoms with Gasteiger partial charge in [0.05, 0.1) is 5.69 Å². The SMILES string of the molecule is Cc1cc(C(=O)NCCCN2CCCCC2)n(C)n1. The van der Waals surface area contributed by atoms with Gasteiger partial charge < -0.3 is 10.2 Å². The van der Waals surface area contributed by atoms with Gasteiger partial charge in [-0.2, -0.15) is 5.10 Å². The average molecular weight is 264 g/mol. The number of aromatic nitrogens is 2. The van der Waals surface area contributed by atoms with Crippen LogP contribution in [0.2, 0.25) is 0 Å². The Balaban J connectivity index is 1.67. The molecule has 0 spiro atoms. The van der Waals surface area contributed by atoms with Crippen molar-refractivity contribution in [1.29, 1.82) is 0 Å². The van der Waals surface area contributed by atoms with Crippen molar-refractivity contribution in [1.82, 2.24) is 20.0 Å². The molecule has 1 N–H and O–H groups in total. The Hall–Kier alpha value is -1.36. The summed E-state index contributed by atoms with van der Waals surface area (Å²) in [5.74, 6) is -0.0262. The van der Waals surface area contributed by atoms with Gasteiger partial charge in [-0.05, 0) is 51.9 Å². The normalized spacial score (nSPS) is 16.5. The zero-order valence-corrected chi connectivity index (χ0v) is 12.0. The van der Waals surface area contributed by atoms with E-state index in [2.05, 4.69) is 15.3 Å². The van der Waals surface area contributed by atoms with Crippen molar-refractivity contribution in [2.75, 3.05) is 26.2 Å². The molecule has 0 aromatic carbocycles. The summed E-state index contributed by atoms with van der Waals surface area (Å²) in [7, 11) is 1.80. The van der Waals surface area contributed by atoms with E-state index < -0.39 is 0 Å². The first-order chi connectivity index (χ1) is 9.16. The summed E-state index contributed by atoms with van der Waals surface area (Å²) in [6.07, 6.45) is 5.02. The molecule has 0 saturated carbocycles. The number of amides is 1. The highest BCUT2D eigenvalue weighted by atomic mass is 16.2. The van der Waals surface area contributed by atoms with Crippen LogP contribution in [0.15, 0.2) is 6.07 Å². The summed E-state index contributed by atoms with van der Waals surface area (Å²) >= 11 is 0. The smallest absolute Gasteiger partial charge is 0.269 e. The Morgan fingerprint density at radius 3 is 2.74 bits per heavy atom. The Kier molecular flexibility index (Phi) is 4.96. The van der Waals surface area contributed by atoms with Gasteiger partial charge in [0.15, 0.2) is 0 Å². The van der Waals surface area contributed by atoms with Crippen LogP contribution < -0.4 is 5.32 Å². The molecular formula is C14H24N4O. The molecule has 0 bridgehead atoms. The minimum Gasteiger partial charge on any atom is -0.351 e. The third kappa shape index (κ3) is 4.06. The van der Waals surface area contributed by atoms with Crippen LogP contribution >= 0.6 is 0 Å². The van der Waals surface area contributed by atoms with E-state index in [0.717, 1.165) is 25.2 Å². The van der Waals surface area contributed by atoms with Crippen molar-refractivity contribution in [2.45, 2.75) is 32.6 Å². The van der Waals surface area contributed by atoms with Crippen LogP contribution in [-0.2, 0) is 7.05 Å². The minimum atomic E-state index is -0.0262. The predicted molar refractivity (Wildman–Crippen MR) is 75.2 cm³/mol. The summed E-state index contributed by atoms with van der Waals surface area (Å²) in [6, 6.07) is 1.82. The molecule has 1 aliphatic heterocycles. The van der Waals surface area contributed by atoms with Crippen molar-refractivity contribution in [3.05, 3.63) is 17.5 Å². The first-order valence-electron chi connectivity index (χ1n) is 7.18. The van der Waals surface area contributed by atoms with Crippen LogP contribution in [0.3, 0.4) is 0 Å². The van der Waals surface area contributed by atoms with Gasteiger partial charge in [-0.25, -0.2) is 0 Å². The summed E-state index contributed by atoms with van der Waals surface area (Å²) in [6.45, 7) is 6.15. The number of piperidine rings is 1. The molecule has 2 heterocycles. The number of hydrogen-bond acceptors (Lipinski definition) is 3. The lowest BCUT2D eigenvalue weighted by Gasteiger charge is -2.26. The zero-order chi connectivity index (χ0) is 13.7. The first-order valence-corrected chi connectivity index (χ1v) is 7.18. The molecule has 1 aromatic rings. The van der Waals surface area contributed by atoms with Crippen LogP contribution in [0.25, 0.3) is 0 Å². The van der Waals surface area contributed by atoms with Gasteiger partial charge in [0, 0.05) is 13.6 Å². The molecule has 1 fully saturated rings. The highest BCUT2D eigenvalue weighted by Crippen LogP contribution is 2.08. The molecule has 1 amide bonds. The van der Waals surface area contributed by atoms with E-state index in [0.29, 0.717) is 5.69 Å². The molecule has 1 aromatic heterocycles. The maximum atomic E-state index is 11.9. The fraction of sp³-hybridized carbons (Fsp3) is 0.714. The standard InChI is InChI=1S/C14H24N4O/c1-12-11-13(17(2)16-12)14(19)15-7-6-10-18-8-4-3-5-9-18/h11H,3-10H2,1-2H3,(H,15,19). The molecule has 0 aliphatic carbocycles. The molecule has 0 radical (unpaired) electrons. The third-order valence-electron chi connectivity index (χ3n) is 3.62. The largest absolute Gasteiger partial charge is 0.351 e. The topological polar surface area (TPSA) is 50.2 Å². The number of nitrogens with zero attached hydrogens (tertiary/aromatic N) is 3. The Labute approximate surface area is 115 Å². The lowest BCUT2D eigenvalue weighted by atomic mass is 10.1. The average Bonchev–Trinajstić information content (AvgIpc) is 2.75. The number of likely N-dealkylation sites (tertiary alicyclic amines) is 1. The molecule has 0 atom stereocenters. The fourth-order valence-electron chi connectivity index (χ4n) is 2.60. The lowest BCUT2D eigenvalue weighted by Crippen LogP contribution is -2.33. The summed E-state index contributed by atoms with van der Waals surface area (Å²) in [5.41, 5.74) is 1.51. The van der Waals surface area contributed by atoms with Crippen LogP contribution in [0.1, 0.15) is 41.9 Å². The van der Waals surface area contributed by atoms with Crippen molar-refractivity contribution >= 4 is 5.91 Å². The van der Waals surface area contributed by atoms with Gasteiger partial charge in [-0.3, -0.25) is 9.48 Å². The second-order valence-electron chi connectivity index (χ2n) is 5.31. The third-order valence-corrected chi connectivity index (χ3v) is 3.62. The van der Waals surface area contributed by atoms with Gasteiger partial charge in [-0.1, -0.05) is 6.42 Å². The number of rotatable bonds is 5. The van der Waals surface area contributed by atoms with E-state index in [-0.39, 0.29) is 5.91 Å². The van der Waals surface area contributed by atoms with Gasteiger partial charge in [0.1, 0.15) is 5.69 Å². The number of hydrogen-bond donors (Lipinski definition) is 1. The molecule has 1 saturated heterocycles. The minimum absolute atomic E-state index is 0.0262.